The van der Waals surface area contributed by atoms with Gasteiger partial charge in [0.25, 0.3) is 0 Å². The predicted octanol–water partition coefficient (Wildman–Crippen LogP) is 2.82. The summed E-state index contributed by atoms with van der Waals surface area (Å²) in [5.41, 5.74) is 2.85. The molecule has 1 aromatic carbocycles. The molecular formula is C19H25N3O2. The van der Waals surface area contributed by atoms with Gasteiger partial charge in [0.2, 0.25) is 0 Å². The molecule has 0 radical (unpaired) electrons. The summed E-state index contributed by atoms with van der Waals surface area (Å²) in [7, 11) is 1.84. The predicted molar refractivity (Wildman–Crippen MR) is 94.9 cm³/mol. The van der Waals surface area contributed by atoms with Crippen LogP contribution in [0.25, 0.3) is 0 Å². The average Bonchev–Trinajstić information content (AvgIpc) is 3.14. The van der Waals surface area contributed by atoms with Gasteiger partial charge in [-0.1, -0.05) is 24.3 Å². The zero-order chi connectivity index (χ0) is 16.6. The molecule has 1 aliphatic heterocycles. The quantitative estimate of drug-likeness (QED) is 0.503. The normalized spacial score (nSPS) is 14.5. The van der Waals surface area contributed by atoms with Crippen molar-refractivity contribution in [2.75, 3.05) is 26.7 Å². The first-order valence-corrected chi connectivity index (χ1v) is 8.49. The molecule has 0 atom stereocenters. The summed E-state index contributed by atoms with van der Waals surface area (Å²) in [6.07, 6.45) is 3.67. The Balaban J connectivity index is 1.38. The van der Waals surface area contributed by atoms with Gasteiger partial charge >= 0.3 is 0 Å². The molecule has 0 bridgehead atoms. The van der Waals surface area contributed by atoms with Crippen molar-refractivity contribution in [2.45, 2.75) is 26.0 Å². The molecule has 0 saturated heterocycles. The van der Waals surface area contributed by atoms with Crippen LogP contribution in [0.2, 0.25) is 0 Å². The summed E-state index contributed by atoms with van der Waals surface area (Å²) in [5, 5.41) is 3.44. The Kier molecular flexibility index (Phi) is 5.90. The van der Waals surface area contributed by atoms with Gasteiger partial charge in [0.15, 0.2) is 5.96 Å². The van der Waals surface area contributed by atoms with E-state index < -0.39 is 0 Å². The maximum Gasteiger partial charge on any atom is 0.193 e. The highest BCUT2D eigenvalue weighted by Crippen LogP contribution is 2.18. The Hall–Kier alpha value is -2.27. The molecule has 0 spiro atoms. The van der Waals surface area contributed by atoms with Crippen molar-refractivity contribution in [1.82, 2.24) is 10.2 Å². The monoisotopic (exact) mass is 327 g/mol. The minimum absolute atomic E-state index is 0.532. The Morgan fingerprint density at radius 2 is 2.12 bits per heavy atom. The fourth-order valence-electron chi connectivity index (χ4n) is 2.95. The Labute approximate surface area is 143 Å². The van der Waals surface area contributed by atoms with Gasteiger partial charge in [0.05, 0.1) is 6.26 Å². The summed E-state index contributed by atoms with van der Waals surface area (Å²) >= 11 is 0. The lowest BCUT2D eigenvalue weighted by atomic mass is 10.0. The molecule has 0 aliphatic carbocycles. The lowest BCUT2D eigenvalue weighted by Crippen LogP contribution is -2.44. The smallest absolute Gasteiger partial charge is 0.193 e. The number of furan rings is 1. The van der Waals surface area contributed by atoms with E-state index >= 15 is 0 Å². The van der Waals surface area contributed by atoms with Crippen LogP contribution in [0, 0.1) is 0 Å². The summed E-state index contributed by atoms with van der Waals surface area (Å²) < 4.78 is 10.8. The number of nitrogens with zero attached hydrogens (tertiary/aromatic N) is 2. The largest absolute Gasteiger partial charge is 0.467 e. The summed E-state index contributed by atoms with van der Waals surface area (Å²) in [4.78, 5) is 6.73. The minimum atomic E-state index is 0.532. The number of rotatable bonds is 6. The van der Waals surface area contributed by atoms with Crippen molar-refractivity contribution < 1.29 is 9.15 Å². The standard InChI is InChI=1S/C19H25N3O2/c1-20-19(21-10-5-12-23-15-18-8-4-13-24-18)22-11-9-16-6-2-3-7-17(16)14-22/h2-4,6-8,13H,5,9-12,14-15H2,1H3,(H,20,21). The van der Waals surface area contributed by atoms with Gasteiger partial charge in [-0.25, -0.2) is 0 Å². The first kappa shape index (κ1) is 16.6. The number of ether oxygens (including phenoxy) is 1. The van der Waals surface area contributed by atoms with E-state index in [9.17, 15) is 0 Å². The van der Waals surface area contributed by atoms with Crippen LogP contribution >= 0.6 is 0 Å². The first-order chi connectivity index (χ1) is 11.9. The lowest BCUT2D eigenvalue weighted by Gasteiger charge is -2.31. The van der Waals surface area contributed by atoms with E-state index in [1.807, 2.05) is 19.2 Å². The van der Waals surface area contributed by atoms with Gasteiger partial charge in [0.1, 0.15) is 12.4 Å². The van der Waals surface area contributed by atoms with E-state index in [0.717, 1.165) is 44.2 Å². The molecule has 1 aliphatic rings. The van der Waals surface area contributed by atoms with Gasteiger partial charge in [-0.2, -0.15) is 0 Å². The third-order valence-corrected chi connectivity index (χ3v) is 4.21. The van der Waals surface area contributed by atoms with Gasteiger partial charge in [-0.15, -0.1) is 0 Å². The number of benzene rings is 1. The van der Waals surface area contributed by atoms with Crippen molar-refractivity contribution >= 4 is 5.96 Å². The highest BCUT2D eigenvalue weighted by atomic mass is 16.5. The van der Waals surface area contributed by atoms with Gasteiger partial charge in [0, 0.05) is 33.3 Å². The Bertz CT molecular complexity index is 652. The maximum atomic E-state index is 5.60. The lowest BCUT2D eigenvalue weighted by molar-refractivity contribution is 0.104. The molecule has 1 N–H and O–H groups in total. The zero-order valence-corrected chi connectivity index (χ0v) is 14.2. The van der Waals surface area contributed by atoms with Crippen LogP contribution in [0.5, 0.6) is 0 Å². The highest BCUT2D eigenvalue weighted by molar-refractivity contribution is 5.80. The van der Waals surface area contributed by atoms with Crippen LogP contribution in [0.15, 0.2) is 52.1 Å². The molecule has 2 aromatic rings. The molecule has 0 unspecified atom stereocenters. The van der Waals surface area contributed by atoms with Gasteiger partial charge < -0.3 is 19.4 Å². The summed E-state index contributed by atoms with van der Waals surface area (Å²) in [6.45, 7) is 4.01. The second-order valence-corrected chi connectivity index (χ2v) is 5.90. The molecular weight excluding hydrogens is 302 g/mol. The Morgan fingerprint density at radius 3 is 2.92 bits per heavy atom. The SMILES string of the molecule is CN=C(NCCCOCc1ccco1)N1CCc2ccccc2C1. The minimum Gasteiger partial charge on any atom is -0.467 e. The first-order valence-electron chi connectivity index (χ1n) is 8.49. The topological polar surface area (TPSA) is 50.0 Å². The molecule has 0 saturated carbocycles. The fourth-order valence-corrected chi connectivity index (χ4v) is 2.95. The van der Waals surface area contributed by atoms with Crippen LogP contribution in [0.3, 0.4) is 0 Å². The number of nitrogens with one attached hydrogen (secondary N) is 1. The Morgan fingerprint density at radius 1 is 1.25 bits per heavy atom. The van der Waals surface area contributed by atoms with Crippen LogP contribution in [0.4, 0.5) is 0 Å². The molecule has 5 heteroatoms. The highest BCUT2D eigenvalue weighted by Gasteiger charge is 2.18. The number of aliphatic imine (C=N–C) groups is 1. The fraction of sp³-hybridized carbons (Fsp3) is 0.421. The number of guanidine groups is 1. The van der Waals surface area contributed by atoms with Gasteiger partial charge in [-0.3, -0.25) is 4.99 Å². The molecule has 2 heterocycles. The van der Waals surface area contributed by atoms with Crippen molar-refractivity contribution in [3.8, 4) is 0 Å². The molecule has 1 aromatic heterocycles. The van der Waals surface area contributed by atoms with Crippen molar-refractivity contribution in [3.63, 3.8) is 0 Å². The summed E-state index contributed by atoms with van der Waals surface area (Å²) in [6, 6.07) is 12.4. The van der Waals surface area contributed by atoms with Crippen molar-refractivity contribution in [1.29, 1.82) is 0 Å². The van der Waals surface area contributed by atoms with Crippen molar-refractivity contribution in [3.05, 3.63) is 59.5 Å². The zero-order valence-electron chi connectivity index (χ0n) is 14.2. The second-order valence-electron chi connectivity index (χ2n) is 5.90. The van der Waals surface area contributed by atoms with Crippen LogP contribution in [-0.4, -0.2) is 37.6 Å². The molecule has 3 rings (SSSR count). The van der Waals surface area contributed by atoms with E-state index in [4.69, 9.17) is 9.15 Å². The molecule has 5 nitrogen and oxygen atoms in total. The van der Waals surface area contributed by atoms with E-state index in [1.165, 1.54) is 11.1 Å². The molecule has 0 fully saturated rings. The number of hydrogen-bond donors (Lipinski definition) is 1. The van der Waals surface area contributed by atoms with Crippen molar-refractivity contribution in [2.24, 2.45) is 4.99 Å². The van der Waals surface area contributed by atoms with Crippen LogP contribution in [0.1, 0.15) is 23.3 Å². The van der Waals surface area contributed by atoms with E-state index in [0.29, 0.717) is 13.2 Å². The molecule has 128 valence electrons. The molecule has 0 amide bonds. The van der Waals surface area contributed by atoms with Gasteiger partial charge in [-0.05, 0) is 36.1 Å². The van der Waals surface area contributed by atoms with E-state index in [2.05, 4.69) is 39.5 Å². The maximum absolute atomic E-state index is 5.60. The van der Waals surface area contributed by atoms with E-state index in [-0.39, 0.29) is 0 Å². The van der Waals surface area contributed by atoms with E-state index in [1.54, 1.807) is 6.26 Å². The third kappa shape index (κ3) is 4.38. The third-order valence-electron chi connectivity index (χ3n) is 4.21. The number of hydrogen-bond acceptors (Lipinski definition) is 3. The average molecular weight is 327 g/mol. The summed E-state index contributed by atoms with van der Waals surface area (Å²) in [5.74, 6) is 1.83. The number of fused-ring (bicyclic) bond motifs is 1. The molecule has 24 heavy (non-hydrogen) atoms. The second kappa shape index (κ2) is 8.55. The van der Waals surface area contributed by atoms with Crippen LogP contribution < -0.4 is 5.32 Å². The van der Waals surface area contributed by atoms with Crippen LogP contribution in [-0.2, 0) is 24.3 Å².